The van der Waals surface area contributed by atoms with Crippen LogP contribution in [0.25, 0.3) is 0 Å². The monoisotopic (exact) mass is 206 g/mol. The Morgan fingerprint density at radius 2 is 2.27 bits per heavy atom. The third kappa shape index (κ3) is 3.20. The van der Waals surface area contributed by atoms with Gasteiger partial charge in [0.1, 0.15) is 6.29 Å². The molecule has 1 rings (SSSR count). The summed E-state index contributed by atoms with van der Waals surface area (Å²) in [6.45, 7) is 1.80. The average Bonchev–Trinajstić information content (AvgIpc) is 2.28. The number of aldehydes is 1. The molecule has 0 N–H and O–H groups in total. The molecule has 0 aliphatic rings. The molecule has 0 fully saturated rings. The zero-order valence-electron chi connectivity index (χ0n) is 8.90. The fourth-order valence-electron chi connectivity index (χ4n) is 1.43. The van der Waals surface area contributed by atoms with Crippen molar-refractivity contribution >= 4 is 12.3 Å². The molecule has 3 nitrogen and oxygen atoms in total. The van der Waals surface area contributed by atoms with E-state index in [1.54, 1.807) is 19.1 Å². The first-order valence-electron chi connectivity index (χ1n) is 4.79. The lowest BCUT2D eigenvalue weighted by Gasteiger charge is -2.08. The number of benzene rings is 1. The Kier molecular flexibility index (Phi) is 4.03. The van der Waals surface area contributed by atoms with E-state index in [1.807, 2.05) is 12.1 Å². The second-order valence-electron chi connectivity index (χ2n) is 3.49. The molecule has 0 aliphatic carbocycles. The summed E-state index contributed by atoms with van der Waals surface area (Å²) in [6, 6.07) is 7.22. The second-order valence-corrected chi connectivity index (χ2v) is 3.49. The van der Waals surface area contributed by atoms with Crippen molar-refractivity contribution in [1.29, 1.82) is 0 Å². The van der Waals surface area contributed by atoms with E-state index in [2.05, 4.69) is 4.74 Å². The summed E-state index contributed by atoms with van der Waals surface area (Å²) in [6.07, 6.45) is 1.39. The highest BCUT2D eigenvalue weighted by Gasteiger charge is 2.13. The van der Waals surface area contributed by atoms with Crippen LogP contribution in [0.4, 0.5) is 0 Å². The summed E-state index contributed by atoms with van der Waals surface area (Å²) in [5, 5.41) is 0. The third-order valence-electron chi connectivity index (χ3n) is 2.23. The van der Waals surface area contributed by atoms with E-state index in [-0.39, 0.29) is 11.9 Å². The minimum absolute atomic E-state index is 0.183. The van der Waals surface area contributed by atoms with Crippen molar-refractivity contribution in [3.05, 3.63) is 35.4 Å². The fraction of sp³-hybridized carbons (Fsp3) is 0.333. The molecule has 0 heterocycles. The van der Waals surface area contributed by atoms with Gasteiger partial charge in [-0.1, -0.05) is 25.1 Å². The number of esters is 1. The first-order valence-corrected chi connectivity index (χ1v) is 4.79. The Hall–Kier alpha value is -1.64. The molecular weight excluding hydrogens is 192 g/mol. The highest BCUT2D eigenvalue weighted by atomic mass is 16.5. The van der Waals surface area contributed by atoms with Crippen molar-refractivity contribution in [3.63, 3.8) is 0 Å². The minimum atomic E-state index is -0.230. The maximum atomic E-state index is 11.2. The zero-order valence-corrected chi connectivity index (χ0v) is 8.90. The standard InChI is InChI=1S/C12H14O3/c1-9(12(14)15-2)6-10-4-3-5-11(7-10)8-13/h3-5,7-9H,6H2,1-2H3. The van der Waals surface area contributed by atoms with E-state index in [0.29, 0.717) is 12.0 Å². The molecule has 0 saturated carbocycles. The maximum absolute atomic E-state index is 11.2. The molecule has 3 heteroatoms. The lowest BCUT2D eigenvalue weighted by atomic mass is 10.00. The number of ether oxygens (including phenoxy) is 1. The Morgan fingerprint density at radius 3 is 2.87 bits per heavy atom. The van der Waals surface area contributed by atoms with Gasteiger partial charge in [-0.2, -0.15) is 0 Å². The Labute approximate surface area is 89.1 Å². The molecule has 1 unspecified atom stereocenters. The van der Waals surface area contributed by atoms with Crippen molar-refractivity contribution in [1.82, 2.24) is 0 Å². The van der Waals surface area contributed by atoms with Crippen LogP contribution in [0.1, 0.15) is 22.8 Å². The highest BCUT2D eigenvalue weighted by molar-refractivity contribution is 5.75. The number of rotatable bonds is 4. The molecule has 0 radical (unpaired) electrons. The molecule has 0 aromatic heterocycles. The Balaban J connectivity index is 2.71. The van der Waals surface area contributed by atoms with Crippen LogP contribution in [0.15, 0.2) is 24.3 Å². The number of methoxy groups -OCH3 is 1. The van der Waals surface area contributed by atoms with Gasteiger partial charge in [-0.3, -0.25) is 9.59 Å². The van der Waals surface area contributed by atoms with E-state index in [4.69, 9.17) is 0 Å². The topological polar surface area (TPSA) is 43.4 Å². The van der Waals surface area contributed by atoms with Gasteiger partial charge in [0.25, 0.3) is 0 Å². The van der Waals surface area contributed by atoms with Gasteiger partial charge in [0, 0.05) is 5.56 Å². The SMILES string of the molecule is COC(=O)C(C)Cc1cccc(C=O)c1. The van der Waals surface area contributed by atoms with E-state index in [1.165, 1.54) is 7.11 Å². The molecule has 1 atom stereocenters. The third-order valence-corrected chi connectivity index (χ3v) is 2.23. The predicted molar refractivity (Wildman–Crippen MR) is 56.7 cm³/mol. The summed E-state index contributed by atoms with van der Waals surface area (Å²) < 4.78 is 4.63. The summed E-state index contributed by atoms with van der Waals surface area (Å²) >= 11 is 0. The Bertz CT molecular complexity index is 358. The van der Waals surface area contributed by atoms with Gasteiger partial charge in [0.2, 0.25) is 0 Å². The lowest BCUT2D eigenvalue weighted by molar-refractivity contribution is -0.144. The van der Waals surface area contributed by atoms with Gasteiger partial charge >= 0.3 is 5.97 Å². The van der Waals surface area contributed by atoms with Crippen molar-refractivity contribution in [3.8, 4) is 0 Å². The van der Waals surface area contributed by atoms with Crippen LogP contribution >= 0.6 is 0 Å². The van der Waals surface area contributed by atoms with Crippen LogP contribution in [0, 0.1) is 5.92 Å². The lowest BCUT2D eigenvalue weighted by Crippen LogP contribution is -2.15. The van der Waals surface area contributed by atoms with Crippen molar-refractivity contribution in [2.45, 2.75) is 13.3 Å². The van der Waals surface area contributed by atoms with Crippen molar-refractivity contribution in [2.24, 2.45) is 5.92 Å². The van der Waals surface area contributed by atoms with E-state index in [9.17, 15) is 9.59 Å². The smallest absolute Gasteiger partial charge is 0.308 e. The highest BCUT2D eigenvalue weighted by Crippen LogP contribution is 2.11. The molecule has 0 amide bonds. The summed E-state index contributed by atoms with van der Waals surface area (Å²) in [4.78, 5) is 21.7. The van der Waals surface area contributed by atoms with E-state index >= 15 is 0 Å². The zero-order chi connectivity index (χ0) is 11.3. The van der Waals surface area contributed by atoms with Crippen molar-refractivity contribution < 1.29 is 14.3 Å². The molecule has 1 aromatic carbocycles. The fourth-order valence-corrected chi connectivity index (χ4v) is 1.43. The van der Waals surface area contributed by atoms with Gasteiger partial charge in [-0.15, -0.1) is 0 Å². The van der Waals surface area contributed by atoms with Crippen molar-refractivity contribution in [2.75, 3.05) is 7.11 Å². The van der Waals surface area contributed by atoms with Gasteiger partial charge in [0.05, 0.1) is 13.0 Å². The van der Waals surface area contributed by atoms with Crippen LogP contribution < -0.4 is 0 Å². The largest absolute Gasteiger partial charge is 0.469 e. The summed E-state index contributed by atoms with van der Waals surface area (Å²) in [5.74, 6) is -0.414. The first-order chi connectivity index (χ1) is 7.17. The molecule has 0 saturated heterocycles. The molecule has 15 heavy (non-hydrogen) atoms. The average molecular weight is 206 g/mol. The van der Waals surface area contributed by atoms with E-state index in [0.717, 1.165) is 11.8 Å². The quantitative estimate of drug-likeness (QED) is 0.557. The number of carbonyl (C=O) groups is 2. The van der Waals surface area contributed by atoms with Crippen LogP contribution in [0.3, 0.4) is 0 Å². The molecule has 80 valence electrons. The summed E-state index contributed by atoms with van der Waals surface area (Å²) in [7, 11) is 1.38. The van der Waals surface area contributed by atoms with Crippen LogP contribution in [0.2, 0.25) is 0 Å². The maximum Gasteiger partial charge on any atom is 0.308 e. The number of hydrogen-bond donors (Lipinski definition) is 0. The number of carbonyl (C=O) groups excluding carboxylic acids is 2. The van der Waals surface area contributed by atoms with Gasteiger partial charge in [-0.25, -0.2) is 0 Å². The van der Waals surface area contributed by atoms with Gasteiger partial charge in [0.15, 0.2) is 0 Å². The molecule has 1 aromatic rings. The molecular formula is C12H14O3. The molecule has 0 bridgehead atoms. The number of hydrogen-bond acceptors (Lipinski definition) is 3. The molecule has 0 aliphatic heterocycles. The summed E-state index contributed by atoms with van der Waals surface area (Å²) in [5.41, 5.74) is 1.60. The van der Waals surface area contributed by atoms with E-state index < -0.39 is 0 Å². The Morgan fingerprint density at radius 1 is 1.53 bits per heavy atom. The van der Waals surface area contributed by atoms with Crippen LogP contribution in [-0.2, 0) is 16.0 Å². The van der Waals surface area contributed by atoms with Gasteiger partial charge in [-0.05, 0) is 18.1 Å². The first kappa shape index (κ1) is 11.4. The minimum Gasteiger partial charge on any atom is -0.469 e. The van der Waals surface area contributed by atoms with Crippen LogP contribution in [-0.4, -0.2) is 19.4 Å². The molecule has 0 spiro atoms. The second kappa shape index (κ2) is 5.29. The van der Waals surface area contributed by atoms with Crippen LogP contribution in [0.5, 0.6) is 0 Å². The predicted octanol–water partition coefficient (Wildman–Crippen LogP) is 1.85. The normalized spacial score (nSPS) is 11.9. The van der Waals surface area contributed by atoms with Gasteiger partial charge < -0.3 is 4.74 Å².